The van der Waals surface area contributed by atoms with Crippen LogP contribution in [0.2, 0.25) is 0 Å². The summed E-state index contributed by atoms with van der Waals surface area (Å²) in [5.74, 6) is 0.0984. The lowest BCUT2D eigenvalue weighted by molar-refractivity contribution is -0.137. The van der Waals surface area contributed by atoms with E-state index in [1.807, 2.05) is 6.08 Å². The summed E-state index contributed by atoms with van der Waals surface area (Å²) in [5, 5.41) is 9.53. The van der Waals surface area contributed by atoms with Gasteiger partial charge in [0.2, 0.25) is 5.91 Å². The summed E-state index contributed by atoms with van der Waals surface area (Å²) in [7, 11) is 0. The molecule has 0 aliphatic carbocycles. The summed E-state index contributed by atoms with van der Waals surface area (Å²) >= 11 is 0. The van der Waals surface area contributed by atoms with E-state index in [1.54, 1.807) is 11.0 Å². The molecule has 1 saturated heterocycles. The molecule has 30 heavy (non-hydrogen) atoms. The monoisotopic (exact) mass is 427 g/mol. The van der Waals surface area contributed by atoms with Crippen LogP contribution in [0.4, 0.5) is 13.2 Å². The molecule has 0 atom stereocenters. The Labute approximate surface area is 174 Å². The Morgan fingerprint density at radius 1 is 1.23 bits per heavy atom. The molecule has 2 aliphatic rings. The largest absolute Gasteiger partial charge is 0.416 e. The molecule has 0 spiro atoms. The summed E-state index contributed by atoms with van der Waals surface area (Å²) in [4.78, 5) is 21.7. The van der Waals surface area contributed by atoms with Crippen LogP contribution in [-0.2, 0) is 22.4 Å². The van der Waals surface area contributed by atoms with Crippen LogP contribution in [-0.4, -0.2) is 59.6 Å². The molecule has 0 saturated carbocycles. The third-order valence-electron chi connectivity index (χ3n) is 5.46. The van der Waals surface area contributed by atoms with Gasteiger partial charge in [-0.2, -0.15) is 13.2 Å². The number of halogens is 3. The Morgan fingerprint density at radius 2 is 2.00 bits per heavy atom. The maximum Gasteiger partial charge on any atom is 0.416 e. The molecule has 2 aliphatic heterocycles. The van der Waals surface area contributed by atoms with Gasteiger partial charge in [0.1, 0.15) is 0 Å². The molecule has 0 radical (unpaired) electrons. The van der Waals surface area contributed by atoms with Gasteiger partial charge in [-0.15, -0.1) is 0 Å². The Balaban J connectivity index is 1.37. The highest BCUT2D eigenvalue weighted by molar-refractivity contribution is 5.76. The molecule has 0 bridgehead atoms. The van der Waals surface area contributed by atoms with Gasteiger partial charge in [0.05, 0.1) is 18.3 Å². The number of aliphatic hydroxyl groups excluding tert-OH is 1. The topological polar surface area (TPSA) is 65.0 Å². The maximum absolute atomic E-state index is 12.7. The van der Waals surface area contributed by atoms with Crippen molar-refractivity contribution in [1.29, 1.82) is 0 Å². The van der Waals surface area contributed by atoms with Crippen molar-refractivity contribution in [1.82, 2.24) is 15.3 Å². The van der Waals surface area contributed by atoms with Gasteiger partial charge in [0.15, 0.2) is 0 Å². The average Bonchev–Trinajstić information content (AvgIpc) is 2.73. The number of piperidine rings is 1. The summed E-state index contributed by atoms with van der Waals surface area (Å²) in [6, 6.07) is 5.04. The van der Waals surface area contributed by atoms with E-state index in [0.29, 0.717) is 38.0 Å². The summed E-state index contributed by atoms with van der Waals surface area (Å²) in [5.41, 5.74) is 3.33. The van der Waals surface area contributed by atoms with Gasteiger partial charge in [-0.05, 0) is 36.6 Å². The predicted molar refractivity (Wildman–Crippen MR) is 105 cm³/mol. The molecule has 9 heteroatoms. The number of hydroxylamine groups is 1. The Morgan fingerprint density at radius 3 is 2.67 bits per heavy atom. The highest BCUT2D eigenvalue weighted by Gasteiger charge is 2.30. The van der Waals surface area contributed by atoms with Crippen molar-refractivity contribution in [2.24, 2.45) is 0 Å². The fraction of sp³-hybridized carbons (Fsp3) is 0.571. The molecule has 1 fully saturated rings. The lowest BCUT2D eigenvalue weighted by Gasteiger charge is -2.31. The first-order valence-electron chi connectivity index (χ1n) is 10.2. The molecule has 166 valence electrons. The lowest BCUT2D eigenvalue weighted by Crippen LogP contribution is -2.41. The number of likely N-dealkylation sites (tertiary alicyclic amines) is 1. The van der Waals surface area contributed by atoms with E-state index in [2.05, 4.69) is 10.4 Å². The normalized spacial score (nSPS) is 18.9. The van der Waals surface area contributed by atoms with Crippen LogP contribution in [0.5, 0.6) is 0 Å². The van der Waals surface area contributed by atoms with Crippen LogP contribution < -0.4 is 5.48 Å². The minimum atomic E-state index is -4.37. The third-order valence-corrected chi connectivity index (χ3v) is 5.46. The molecule has 0 aromatic heterocycles. The second-order valence-corrected chi connectivity index (χ2v) is 7.73. The number of carbonyl (C=O) groups excluding carboxylic acids is 1. The molecule has 1 aromatic carbocycles. The highest BCUT2D eigenvalue weighted by atomic mass is 19.4. The average molecular weight is 427 g/mol. The number of amides is 1. The van der Waals surface area contributed by atoms with E-state index < -0.39 is 11.7 Å². The lowest BCUT2D eigenvalue weighted by atomic mass is 10.1. The van der Waals surface area contributed by atoms with E-state index in [4.69, 9.17) is 4.84 Å². The van der Waals surface area contributed by atoms with E-state index >= 15 is 0 Å². The number of nitrogens with one attached hydrogen (secondary N) is 1. The van der Waals surface area contributed by atoms with Gasteiger partial charge < -0.3 is 14.9 Å². The first-order chi connectivity index (χ1) is 14.3. The van der Waals surface area contributed by atoms with Crippen molar-refractivity contribution in [2.45, 2.75) is 44.6 Å². The smallest absolute Gasteiger partial charge is 0.393 e. The fourth-order valence-electron chi connectivity index (χ4n) is 3.59. The van der Waals surface area contributed by atoms with Gasteiger partial charge >= 0.3 is 6.18 Å². The molecule has 2 N–H and O–H groups in total. The van der Waals surface area contributed by atoms with Crippen LogP contribution in [0, 0.1) is 0 Å². The zero-order valence-electron chi connectivity index (χ0n) is 16.8. The van der Waals surface area contributed by atoms with Crippen molar-refractivity contribution >= 4 is 5.91 Å². The van der Waals surface area contributed by atoms with Gasteiger partial charge in [-0.25, -0.2) is 0 Å². The number of hydrogen-bond donors (Lipinski definition) is 2. The summed E-state index contributed by atoms with van der Waals surface area (Å²) < 4.78 is 38.2. The highest BCUT2D eigenvalue weighted by Crippen LogP contribution is 2.29. The molecule has 1 aromatic rings. The van der Waals surface area contributed by atoms with Crippen LogP contribution in [0.1, 0.15) is 36.8 Å². The molecular formula is C21H28F3N3O3. The van der Waals surface area contributed by atoms with Crippen molar-refractivity contribution in [3.63, 3.8) is 0 Å². The van der Waals surface area contributed by atoms with Crippen LogP contribution >= 0.6 is 0 Å². The number of nitrogens with zero attached hydrogens (tertiary/aromatic N) is 2. The number of aliphatic hydroxyl groups is 1. The minimum Gasteiger partial charge on any atom is -0.393 e. The van der Waals surface area contributed by atoms with E-state index in [1.165, 1.54) is 6.07 Å². The first kappa shape index (κ1) is 22.6. The summed E-state index contributed by atoms with van der Waals surface area (Å²) in [6.07, 6.45) is -0.147. The van der Waals surface area contributed by atoms with Gasteiger partial charge in [0, 0.05) is 51.3 Å². The van der Waals surface area contributed by atoms with E-state index in [-0.39, 0.29) is 18.6 Å². The maximum atomic E-state index is 12.7. The summed E-state index contributed by atoms with van der Waals surface area (Å²) in [6.45, 7) is 3.42. The van der Waals surface area contributed by atoms with Crippen molar-refractivity contribution in [3.05, 3.63) is 47.2 Å². The second kappa shape index (κ2) is 10.3. The second-order valence-electron chi connectivity index (χ2n) is 7.73. The first-order valence-corrected chi connectivity index (χ1v) is 10.2. The molecular weight excluding hydrogens is 399 g/mol. The van der Waals surface area contributed by atoms with Crippen LogP contribution in [0.15, 0.2) is 36.0 Å². The van der Waals surface area contributed by atoms with Crippen molar-refractivity contribution in [2.75, 3.05) is 32.7 Å². The Bertz CT molecular complexity index is 747. The number of carbonyl (C=O) groups is 1. The molecule has 1 amide bonds. The molecule has 6 nitrogen and oxygen atoms in total. The SMILES string of the molecule is O=C(CCN1CCC(O)CC1)N1CC=C(NOCc2cccc(C(F)(F)F)c2)CC1. The zero-order chi connectivity index (χ0) is 21.6. The van der Waals surface area contributed by atoms with Crippen LogP contribution in [0.25, 0.3) is 0 Å². The van der Waals surface area contributed by atoms with Gasteiger partial charge in [-0.3, -0.25) is 15.1 Å². The van der Waals surface area contributed by atoms with Gasteiger partial charge in [-0.1, -0.05) is 12.1 Å². The fourth-order valence-corrected chi connectivity index (χ4v) is 3.59. The quantitative estimate of drug-likeness (QED) is 0.655. The minimum absolute atomic E-state index is 0.00837. The number of rotatable bonds is 7. The number of hydrogen-bond acceptors (Lipinski definition) is 5. The molecule has 3 rings (SSSR count). The van der Waals surface area contributed by atoms with Crippen LogP contribution in [0.3, 0.4) is 0 Å². The number of benzene rings is 1. The van der Waals surface area contributed by atoms with E-state index in [0.717, 1.165) is 43.8 Å². The third kappa shape index (κ3) is 6.72. The van der Waals surface area contributed by atoms with Crippen molar-refractivity contribution < 1.29 is 27.9 Å². The molecule has 2 heterocycles. The zero-order valence-corrected chi connectivity index (χ0v) is 16.8. The number of alkyl halides is 3. The van der Waals surface area contributed by atoms with Crippen molar-refractivity contribution in [3.8, 4) is 0 Å². The Kier molecular flexibility index (Phi) is 7.74. The van der Waals surface area contributed by atoms with Gasteiger partial charge in [0.25, 0.3) is 0 Å². The van der Waals surface area contributed by atoms with E-state index in [9.17, 15) is 23.1 Å². The molecule has 0 unspecified atom stereocenters. The predicted octanol–water partition coefficient (Wildman–Crippen LogP) is 2.69. The Hall–Kier alpha value is -2.10. The standard InChI is InChI=1S/C21H28F3N3O3/c22-21(23,24)17-3-1-2-16(14-17)15-30-25-18-4-12-27(13-5-18)20(29)8-11-26-9-6-19(28)7-10-26/h1-4,14,19,25,28H,5-13,15H2.